The Kier molecular flexibility index (Phi) is 5.57. The van der Waals surface area contributed by atoms with Crippen molar-refractivity contribution in [3.63, 3.8) is 0 Å². The van der Waals surface area contributed by atoms with Crippen LogP contribution in [-0.2, 0) is 0 Å². The molecule has 29 heavy (non-hydrogen) atoms. The first-order valence-electron chi connectivity index (χ1n) is 8.85. The van der Waals surface area contributed by atoms with E-state index in [-0.39, 0.29) is 0 Å². The number of hydrogen-bond donors (Lipinski definition) is 1. The minimum atomic E-state index is -0.542. The van der Waals surface area contributed by atoms with Crippen LogP contribution >= 0.6 is 11.3 Å². The minimum absolute atomic E-state index is 0.308. The van der Waals surface area contributed by atoms with Gasteiger partial charge < -0.3 is 15.2 Å². The quantitative estimate of drug-likeness (QED) is 0.447. The van der Waals surface area contributed by atoms with Crippen molar-refractivity contribution in [3.8, 4) is 22.8 Å². The number of carbonyl (C=O) groups excluding carboxylic acids is 1. The van der Waals surface area contributed by atoms with Crippen LogP contribution in [0.15, 0.2) is 54.7 Å². The van der Waals surface area contributed by atoms with Crippen LogP contribution in [-0.4, -0.2) is 39.1 Å². The molecule has 0 saturated carbocycles. The molecule has 0 aliphatic heterocycles. The number of carbonyl (C=O) groups is 1. The Bertz CT molecular complexity index is 1130. The van der Waals surface area contributed by atoms with Crippen LogP contribution in [0.25, 0.3) is 21.3 Å². The first-order chi connectivity index (χ1) is 14.2. The molecule has 2 N–H and O–H groups in total. The fourth-order valence-electron chi connectivity index (χ4n) is 2.74. The summed E-state index contributed by atoms with van der Waals surface area (Å²) in [5.74, 6) is 0.481. The van der Waals surface area contributed by atoms with E-state index in [0.717, 1.165) is 21.3 Å². The molecule has 0 spiro atoms. The van der Waals surface area contributed by atoms with Crippen molar-refractivity contribution in [2.45, 2.75) is 6.42 Å². The van der Waals surface area contributed by atoms with Gasteiger partial charge in [0, 0.05) is 41.5 Å². The zero-order valence-electron chi connectivity index (χ0n) is 15.3. The number of primary amides is 1. The molecular formula is C20H17N5O3S. The average molecular weight is 407 g/mol. The molecule has 4 rings (SSSR count). The fourth-order valence-corrected chi connectivity index (χ4v) is 3.65. The number of ether oxygens (including phenoxy) is 2. The van der Waals surface area contributed by atoms with Gasteiger partial charge in [0.15, 0.2) is 0 Å². The molecule has 8 nitrogen and oxygen atoms in total. The van der Waals surface area contributed by atoms with E-state index in [0.29, 0.717) is 36.8 Å². The molecular weight excluding hydrogens is 390 g/mol. The van der Waals surface area contributed by atoms with Crippen molar-refractivity contribution in [2.24, 2.45) is 5.73 Å². The second-order valence-corrected chi connectivity index (χ2v) is 6.93. The molecule has 4 aromatic rings. The first kappa shape index (κ1) is 18.8. The first-order valence-corrected chi connectivity index (χ1v) is 9.73. The van der Waals surface area contributed by atoms with Crippen LogP contribution in [0.5, 0.6) is 11.6 Å². The number of nitrogens with two attached hydrogens (primary N) is 1. The predicted molar refractivity (Wildman–Crippen MR) is 109 cm³/mol. The number of thiophene rings is 1. The molecule has 9 heteroatoms. The van der Waals surface area contributed by atoms with Crippen LogP contribution in [0.2, 0.25) is 0 Å². The van der Waals surface area contributed by atoms with E-state index >= 15 is 0 Å². The third kappa shape index (κ3) is 4.30. The van der Waals surface area contributed by atoms with Crippen molar-refractivity contribution in [1.29, 1.82) is 0 Å². The summed E-state index contributed by atoms with van der Waals surface area (Å²) in [4.78, 5) is 28.8. The number of rotatable bonds is 8. The van der Waals surface area contributed by atoms with E-state index in [1.807, 2.05) is 17.5 Å². The highest BCUT2D eigenvalue weighted by molar-refractivity contribution is 7.17. The summed E-state index contributed by atoms with van der Waals surface area (Å²) in [5, 5.41) is 2.91. The van der Waals surface area contributed by atoms with Crippen molar-refractivity contribution < 1.29 is 14.3 Å². The molecule has 4 aromatic heterocycles. The monoisotopic (exact) mass is 407 g/mol. The lowest BCUT2D eigenvalue weighted by Crippen LogP contribution is -2.12. The molecule has 0 saturated heterocycles. The Hall–Kier alpha value is -3.59. The van der Waals surface area contributed by atoms with E-state index in [2.05, 4.69) is 19.9 Å². The maximum Gasteiger partial charge on any atom is 0.250 e. The zero-order chi connectivity index (χ0) is 20.1. The molecule has 146 valence electrons. The van der Waals surface area contributed by atoms with E-state index in [4.69, 9.17) is 15.2 Å². The number of hydrogen-bond acceptors (Lipinski definition) is 8. The third-order valence-corrected chi connectivity index (χ3v) is 4.99. The SMILES string of the molecule is NC(=O)c1cncc(OCCCOc2ncnc3scc(-c4cccnc4)c23)c1. The smallest absolute Gasteiger partial charge is 0.250 e. The molecule has 0 fully saturated rings. The van der Waals surface area contributed by atoms with Gasteiger partial charge in [-0.3, -0.25) is 14.8 Å². The zero-order valence-corrected chi connectivity index (χ0v) is 16.1. The standard InChI is InChI=1S/C20H17N5O3S/c21-18(26)14-7-15(10-23-9-14)27-5-2-6-28-19-17-16(13-3-1-4-22-8-13)11-29-20(17)25-12-24-19/h1,3-4,7-12H,2,5-6H2,(H2,21,26). The van der Waals surface area contributed by atoms with Crippen LogP contribution in [0.3, 0.4) is 0 Å². The van der Waals surface area contributed by atoms with E-state index in [9.17, 15) is 4.79 Å². The summed E-state index contributed by atoms with van der Waals surface area (Å²) in [5.41, 5.74) is 7.54. The van der Waals surface area contributed by atoms with Gasteiger partial charge in [0.1, 0.15) is 16.9 Å². The van der Waals surface area contributed by atoms with Crippen molar-refractivity contribution in [3.05, 3.63) is 60.3 Å². The van der Waals surface area contributed by atoms with Gasteiger partial charge in [0.25, 0.3) is 0 Å². The van der Waals surface area contributed by atoms with Gasteiger partial charge in [-0.05, 0) is 12.1 Å². The lowest BCUT2D eigenvalue weighted by Gasteiger charge is -2.09. The Morgan fingerprint density at radius 2 is 2.00 bits per heavy atom. The fraction of sp³-hybridized carbons (Fsp3) is 0.150. The van der Waals surface area contributed by atoms with Gasteiger partial charge in [-0.15, -0.1) is 11.3 Å². The molecule has 1 amide bonds. The molecule has 0 aromatic carbocycles. The van der Waals surface area contributed by atoms with Crippen molar-refractivity contribution in [1.82, 2.24) is 19.9 Å². The van der Waals surface area contributed by atoms with Gasteiger partial charge in [0.05, 0.1) is 30.4 Å². The highest BCUT2D eigenvalue weighted by atomic mass is 32.1. The molecule has 4 heterocycles. The average Bonchev–Trinajstić information content (AvgIpc) is 3.19. The molecule has 0 bridgehead atoms. The minimum Gasteiger partial charge on any atom is -0.492 e. The number of fused-ring (bicyclic) bond motifs is 1. The molecule has 0 aliphatic carbocycles. The van der Waals surface area contributed by atoms with Crippen LogP contribution < -0.4 is 15.2 Å². The van der Waals surface area contributed by atoms with Gasteiger partial charge >= 0.3 is 0 Å². The highest BCUT2D eigenvalue weighted by Crippen LogP contribution is 2.37. The molecule has 0 radical (unpaired) electrons. The summed E-state index contributed by atoms with van der Waals surface area (Å²) in [6.07, 6.45) is 8.60. The molecule has 0 unspecified atom stereocenters. The predicted octanol–water partition coefficient (Wildman–Crippen LogP) is 3.10. The number of aromatic nitrogens is 4. The molecule has 0 atom stereocenters. The Balaban J connectivity index is 1.40. The Morgan fingerprint density at radius 1 is 1.10 bits per heavy atom. The Morgan fingerprint density at radius 3 is 2.83 bits per heavy atom. The lowest BCUT2D eigenvalue weighted by atomic mass is 10.1. The number of pyridine rings is 2. The Labute approximate surface area is 170 Å². The topological polar surface area (TPSA) is 113 Å². The van der Waals surface area contributed by atoms with Crippen LogP contribution in [0, 0.1) is 0 Å². The summed E-state index contributed by atoms with van der Waals surface area (Å²) < 4.78 is 11.5. The number of nitrogens with zero attached hydrogens (tertiary/aromatic N) is 4. The maximum absolute atomic E-state index is 11.2. The van der Waals surface area contributed by atoms with Gasteiger partial charge in [-0.1, -0.05) is 6.07 Å². The van der Waals surface area contributed by atoms with E-state index < -0.39 is 5.91 Å². The lowest BCUT2D eigenvalue weighted by molar-refractivity contribution is 0.0999. The van der Waals surface area contributed by atoms with Gasteiger partial charge in [-0.2, -0.15) is 0 Å². The highest BCUT2D eigenvalue weighted by Gasteiger charge is 2.14. The van der Waals surface area contributed by atoms with Crippen LogP contribution in [0.1, 0.15) is 16.8 Å². The maximum atomic E-state index is 11.2. The van der Waals surface area contributed by atoms with Crippen molar-refractivity contribution >= 4 is 27.5 Å². The normalized spacial score (nSPS) is 10.8. The van der Waals surface area contributed by atoms with E-state index in [1.54, 1.807) is 18.5 Å². The summed E-state index contributed by atoms with van der Waals surface area (Å²) in [6, 6.07) is 5.45. The summed E-state index contributed by atoms with van der Waals surface area (Å²) in [6.45, 7) is 0.814. The summed E-state index contributed by atoms with van der Waals surface area (Å²) >= 11 is 1.54. The van der Waals surface area contributed by atoms with Gasteiger partial charge in [-0.25, -0.2) is 9.97 Å². The van der Waals surface area contributed by atoms with E-state index in [1.165, 1.54) is 30.1 Å². The van der Waals surface area contributed by atoms with Crippen LogP contribution in [0.4, 0.5) is 0 Å². The second kappa shape index (κ2) is 8.61. The van der Waals surface area contributed by atoms with Gasteiger partial charge in [0.2, 0.25) is 11.8 Å². The number of amides is 1. The third-order valence-electron chi connectivity index (χ3n) is 4.10. The largest absolute Gasteiger partial charge is 0.492 e. The second-order valence-electron chi connectivity index (χ2n) is 6.07. The summed E-state index contributed by atoms with van der Waals surface area (Å²) in [7, 11) is 0. The molecule has 0 aliphatic rings. The van der Waals surface area contributed by atoms with Crippen molar-refractivity contribution in [2.75, 3.05) is 13.2 Å².